The lowest BCUT2D eigenvalue weighted by molar-refractivity contribution is -0.161. The second-order valence-corrected chi connectivity index (χ2v) is 11.4. The normalized spacial score (nSPS) is 14.1. The van der Waals surface area contributed by atoms with Crippen molar-refractivity contribution in [2.45, 2.75) is 123 Å². The molecular formula is C31H56NO8P. The van der Waals surface area contributed by atoms with E-state index < -0.39 is 32.5 Å². The Morgan fingerprint density at radius 3 is 1.93 bits per heavy atom. The van der Waals surface area contributed by atoms with Gasteiger partial charge in [0.15, 0.2) is 6.10 Å². The SMILES string of the molecule is CCCCC/C=C\C/C=C\C/C=C\CCCCCCCCC(=O)OC(COC(=O)CCC)COP(=O)(O)OCCN. The fourth-order valence-electron chi connectivity index (χ4n) is 3.73. The average molecular weight is 602 g/mol. The molecule has 3 N–H and O–H groups in total. The van der Waals surface area contributed by atoms with Gasteiger partial charge < -0.3 is 20.1 Å². The summed E-state index contributed by atoms with van der Waals surface area (Å²) in [5.41, 5.74) is 5.26. The van der Waals surface area contributed by atoms with Crippen LogP contribution in [0.3, 0.4) is 0 Å². The molecule has 0 aliphatic heterocycles. The van der Waals surface area contributed by atoms with Gasteiger partial charge in [0.25, 0.3) is 0 Å². The van der Waals surface area contributed by atoms with E-state index in [0.29, 0.717) is 12.8 Å². The fraction of sp³-hybridized carbons (Fsp3) is 0.742. The van der Waals surface area contributed by atoms with Gasteiger partial charge in [0.05, 0.1) is 13.2 Å². The van der Waals surface area contributed by atoms with E-state index in [0.717, 1.165) is 51.4 Å². The zero-order valence-corrected chi connectivity index (χ0v) is 26.4. The number of hydrogen-bond acceptors (Lipinski definition) is 8. The summed E-state index contributed by atoms with van der Waals surface area (Å²) in [4.78, 5) is 33.6. The lowest BCUT2D eigenvalue weighted by atomic mass is 10.1. The number of carbonyl (C=O) groups is 2. The molecule has 0 bridgehead atoms. The molecule has 0 radical (unpaired) electrons. The Balaban J connectivity index is 4.01. The minimum absolute atomic E-state index is 0.0492. The van der Waals surface area contributed by atoms with Gasteiger partial charge >= 0.3 is 19.8 Å². The van der Waals surface area contributed by atoms with Crippen molar-refractivity contribution in [3.63, 3.8) is 0 Å². The predicted octanol–water partition coefficient (Wildman–Crippen LogP) is 7.48. The largest absolute Gasteiger partial charge is 0.472 e. The quantitative estimate of drug-likeness (QED) is 0.0405. The topological polar surface area (TPSA) is 134 Å². The molecule has 0 amide bonds. The van der Waals surface area contributed by atoms with Crippen LogP contribution in [0.15, 0.2) is 36.5 Å². The monoisotopic (exact) mass is 601 g/mol. The van der Waals surface area contributed by atoms with Crippen molar-refractivity contribution in [3.8, 4) is 0 Å². The van der Waals surface area contributed by atoms with Crippen molar-refractivity contribution < 1.29 is 37.6 Å². The summed E-state index contributed by atoms with van der Waals surface area (Å²) >= 11 is 0. The highest BCUT2D eigenvalue weighted by Crippen LogP contribution is 2.43. The molecule has 238 valence electrons. The predicted molar refractivity (Wildman–Crippen MR) is 164 cm³/mol. The third kappa shape index (κ3) is 28.1. The average Bonchev–Trinajstić information content (AvgIpc) is 2.94. The molecule has 9 nitrogen and oxygen atoms in total. The number of ether oxygens (including phenoxy) is 2. The second-order valence-electron chi connectivity index (χ2n) is 9.97. The lowest BCUT2D eigenvalue weighted by Crippen LogP contribution is -2.29. The Morgan fingerprint density at radius 1 is 0.732 bits per heavy atom. The summed E-state index contributed by atoms with van der Waals surface area (Å²) in [6.07, 6.45) is 27.7. The fourth-order valence-corrected chi connectivity index (χ4v) is 4.50. The van der Waals surface area contributed by atoms with E-state index in [1.54, 1.807) is 0 Å². The van der Waals surface area contributed by atoms with Gasteiger partial charge in [-0.2, -0.15) is 0 Å². The van der Waals surface area contributed by atoms with Crippen molar-refractivity contribution in [3.05, 3.63) is 36.5 Å². The molecule has 0 aromatic rings. The molecule has 0 aromatic heterocycles. The van der Waals surface area contributed by atoms with Crippen LogP contribution in [0.25, 0.3) is 0 Å². The van der Waals surface area contributed by atoms with Crippen LogP contribution in [0, 0.1) is 0 Å². The van der Waals surface area contributed by atoms with Crippen LogP contribution in [-0.4, -0.2) is 49.3 Å². The van der Waals surface area contributed by atoms with Crippen LogP contribution < -0.4 is 5.73 Å². The maximum absolute atomic E-state index is 12.3. The number of carbonyl (C=O) groups excluding carboxylic acids is 2. The number of phosphoric ester groups is 1. The molecule has 0 aliphatic carbocycles. The first-order valence-electron chi connectivity index (χ1n) is 15.5. The van der Waals surface area contributed by atoms with Crippen molar-refractivity contribution in [1.82, 2.24) is 0 Å². The van der Waals surface area contributed by atoms with Crippen molar-refractivity contribution >= 4 is 19.8 Å². The number of rotatable bonds is 28. The minimum Gasteiger partial charge on any atom is -0.462 e. The number of esters is 2. The molecule has 0 saturated carbocycles. The Morgan fingerprint density at radius 2 is 1.32 bits per heavy atom. The maximum atomic E-state index is 12.3. The maximum Gasteiger partial charge on any atom is 0.472 e. The molecule has 0 rings (SSSR count). The van der Waals surface area contributed by atoms with Gasteiger partial charge in [-0.05, 0) is 51.4 Å². The molecule has 0 spiro atoms. The molecule has 41 heavy (non-hydrogen) atoms. The summed E-state index contributed by atoms with van der Waals surface area (Å²) in [7, 11) is -4.35. The van der Waals surface area contributed by atoms with Gasteiger partial charge in [0, 0.05) is 19.4 Å². The van der Waals surface area contributed by atoms with Crippen LogP contribution in [0.1, 0.15) is 117 Å². The first-order valence-corrected chi connectivity index (χ1v) is 17.0. The molecule has 2 atom stereocenters. The first-order chi connectivity index (χ1) is 19.8. The Labute approximate surface area is 248 Å². The van der Waals surface area contributed by atoms with Crippen molar-refractivity contribution in [1.29, 1.82) is 0 Å². The van der Waals surface area contributed by atoms with E-state index in [9.17, 15) is 19.0 Å². The number of nitrogens with two attached hydrogens (primary N) is 1. The Hall–Kier alpha value is -1.77. The van der Waals surface area contributed by atoms with Crippen LogP contribution >= 0.6 is 7.82 Å². The van der Waals surface area contributed by atoms with Crippen LogP contribution in [0.4, 0.5) is 0 Å². The van der Waals surface area contributed by atoms with Crippen LogP contribution in [0.2, 0.25) is 0 Å². The molecule has 0 aliphatic rings. The summed E-state index contributed by atoms with van der Waals surface area (Å²) in [5, 5.41) is 0. The highest BCUT2D eigenvalue weighted by atomic mass is 31.2. The van der Waals surface area contributed by atoms with Gasteiger partial charge in [-0.1, -0.05) is 88.8 Å². The van der Waals surface area contributed by atoms with E-state index in [2.05, 4.69) is 47.9 Å². The molecule has 2 unspecified atom stereocenters. The van der Waals surface area contributed by atoms with Gasteiger partial charge in [-0.15, -0.1) is 0 Å². The van der Waals surface area contributed by atoms with Gasteiger partial charge in [0.2, 0.25) is 0 Å². The summed E-state index contributed by atoms with van der Waals surface area (Å²) < 4.78 is 31.9. The van der Waals surface area contributed by atoms with E-state index in [-0.39, 0.29) is 32.6 Å². The molecule has 0 saturated heterocycles. The molecule has 0 heterocycles. The van der Waals surface area contributed by atoms with Crippen LogP contribution in [-0.2, 0) is 32.7 Å². The zero-order valence-electron chi connectivity index (χ0n) is 25.5. The summed E-state index contributed by atoms with van der Waals surface area (Å²) in [5.74, 6) is -0.910. The van der Waals surface area contributed by atoms with Crippen LogP contribution in [0.5, 0.6) is 0 Å². The van der Waals surface area contributed by atoms with Gasteiger partial charge in [0.1, 0.15) is 6.61 Å². The third-order valence-electron chi connectivity index (χ3n) is 6.00. The van der Waals surface area contributed by atoms with E-state index in [4.69, 9.17) is 19.7 Å². The summed E-state index contributed by atoms with van der Waals surface area (Å²) in [6, 6.07) is 0. The second kappa shape index (κ2) is 28.4. The molecule has 0 aromatic carbocycles. The third-order valence-corrected chi connectivity index (χ3v) is 6.98. The minimum atomic E-state index is -4.35. The Kier molecular flexibility index (Phi) is 27.1. The first kappa shape index (κ1) is 39.2. The van der Waals surface area contributed by atoms with Crippen molar-refractivity contribution in [2.24, 2.45) is 5.73 Å². The van der Waals surface area contributed by atoms with Crippen molar-refractivity contribution in [2.75, 3.05) is 26.4 Å². The highest BCUT2D eigenvalue weighted by molar-refractivity contribution is 7.47. The number of allylic oxidation sites excluding steroid dienone is 6. The lowest BCUT2D eigenvalue weighted by Gasteiger charge is -2.19. The molecule has 0 fully saturated rings. The summed E-state index contributed by atoms with van der Waals surface area (Å²) in [6.45, 7) is 3.26. The zero-order chi connectivity index (χ0) is 30.4. The smallest absolute Gasteiger partial charge is 0.462 e. The molecular weight excluding hydrogens is 545 g/mol. The van der Waals surface area contributed by atoms with E-state index in [1.807, 2.05) is 6.92 Å². The van der Waals surface area contributed by atoms with Gasteiger partial charge in [-0.25, -0.2) is 4.57 Å². The molecule has 10 heteroatoms. The van der Waals surface area contributed by atoms with E-state index in [1.165, 1.54) is 25.7 Å². The number of hydrogen-bond donors (Lipinski definition) is 2. The highest BCUT2D eigenvalue weighted by Gasteiger charge is 2.25. The Bertz CT molecular complexity index is 784. The van der Waals surface area contributed by atoms with E-state index >= 15 is 0 Å². The standard InChI is InChI=1S/C31H56NO8P/c1-3-5-6-7-8-9-10-11-12-13-14-15-16-17-18-19-20-21-22-24-31(34)40-29(27-37-30(33)23-4-2)28-39-41(35,36)38-26-25-32/h8-9,11-12,14-15,29H,3-7,10,13,16-28,32H2,1-2H3,(H,35,36)/b9-8-,12-11-,15-14-. The number of phosphoric acid groups is 1. The number of unbranched alkanes of at least 4 members (excludes halogenated alkanes) is 9. The van der Waals surface area contributed by atoms with Gasteiger partial charge in [-0.3, -0.25) is 18.6 Å².